The number of non-ortho nitro benzene ring substituents is 1. The van der Waals surface area contributed by atoms with Gasteiger partial charge in [-0.05, 0) is 33.0 Å². The zero-order valence-electron chi connectivity index (χ0n) is 13.1. The molecule has 8 heteroatoms. The van der Waals surface area contributed by atoms with E-state index >= 15 is 0 Å². The first-order chi connectivity index (χ1) is 10.9. The van der Waals surface area contributed by atoms with E-state index in [1.165, 1.54) is 24.3 Å². The predicted molar refractivity (Wildman–Crippen MR) is 83.9 cm³/mol. The smallest absolute Gasteiger partial charge is 0.269 e. The summed E-state index contributed by atoms with van der Waals surface area (Å²) in [5.41, 5.74) is 1.24. The molecule has 122 valence electrons. The molecular weight excluding hydrogens is 300 g/mol. The predicted octanol–water partition coefficient (Wildman–Crippen LogP) is 2.35. The number of amides is 1. The molecule has 0 aliphatic rings. The van der Waals surface area contributed by atoms with Gasteiger partial charge in [0, 0.05) is 30.4 Å². The van der Waals surface area contributed by atoms with Gasteiger partial charge in [0.05, 0.1) is 16.7 Å². The number of benzene rings is 1. The third-order valence-corrected chi connectivity index (χ3v) is 3.47. The lowest BCUT2D eigenvalue weighted by Gasteiger charge is -2.22. The second-order valence-electron chi connectivity index (χ2n) is 5.31. The fourth-order valence-electron chi connectivity index (χ4n) is 2.00. The number of nitro groups is 1. The monoisotopic (exact) mass is 318 g/mol. The van der Waals surface area contributed by atoms with Crippen LogP contribution in [0.25, 0.3) is 0 Å². The van der Waals surface area contributed by atoms with E-state index in [1.807, 2.05) is 18.0 Å². The number of anilines is 1. The molecule has 1 N–H and O–H groups in total. The highest BCUT2D eigenvalue weighted by molar-refractivity contribution is 5.94. The van der Waals surface area contributed by atoms with Crippen LogP contribution in [0.15, 0.2) is 34.9 Å². The van der Waals surface area contributed by atoms with E-state index in [4.69, 9.17) is 4.52 Å². The zero-order chi connectivity index (χ0) is 17.0. The lowest BCUT2D eigenvalue weighted by molar-refractivity contribution is -0.384. The molecule has 0 radical (unpaired) electrons. The maximum absolute atomic E-state index is 12.2. The minimum atomic E-state index is -0.484. The second-order valence-corrected chi connectivity index (χ2v) is 5.31. The molecule has 8 nitrogen and oxygen atoms in total. The number of nitrogens with one attached hydrogen (secondary N) is 1. The molecule has 1 atom stereocenters. The molecule has 2 rings (SSSR count). The summed E-state index contributed by atoms with van der Waals surface area (Å²) in [7, 11) is 1.81. The highest BCUT2D eigenvalue weighted by Crippen LogP contribution is 2.16. The number of carbonyl (C=O) groups is 1. The van der Waals surface area contributed by atoms with Crippen LogP contribution in [0.5, 0.6) is 0 Å². The number of aryl methyl sites for hydroxylation is 1. The fourth-order valence-corrected chi connectivity index (χ4v) is 2.00. The van der Waals surface area contributed by atoms with Gasteiger partial charge in [-0.15, -0.1) is 0 Å². The van der Waals surface area contributed by atoms with E-state index in [0.29, 0.717) is 12.2 Å². The molecule has 1 aromatic carbocycles. The van der Waals surface area contributed by atoms with Gasteiger partial charge in [0.25, 0.3) is 5.69 Å². The van der Waals surface area contributed by atoms with E-state index in [1.54, 1.807) is 13.8 Å². The summed E-state index contributed by atoms with van der Waals surface area (Å²) in [5.74, 6) is 0.512. The molecule has 1 heterocycles. The van der Waals surface area contributed by atoms with Crippen molar-refractivity contribution in [3.05, 3.63) is 51.9 Å². The number of hydrogen-bond donors (Lipinski definition) is 1. The molecule has 0 aliphatic carbocycles. The van der Waals surface area contributed by atoms with Crippen LogP contribution in [0, 0.1) is 17.0 Å². The highest BCUT2D eigenvalue weighted by atomic mass is 16.6. The summed E-state index contributed by atoms with van der Waals surface area (Å²) in [6, 6.07) is 7.12. The first-order valence-corrected chi connectivity index (χ1v) is 7.04. The zero-order valence-corrected chi connectivity index (χ0v) is 13.1. The van der Waals surface area contributed by atoms with Gasteiger partial charge < -0.3 is 9.84 Å². The Labute approximate surface area is 133 Å². The number of carbonyl (C=O) groups excluding carboxylic acids is 1. The van der Waals surface area contributed by atoms with Crippen LogP contribution < -0.4 is 5.32 Å². The molecule has 0 bridgehead atoms. The van der Waals surface area contributed by atoms with Gasteiger partial charge in [0.15, 0.2) is 0 Å². The Balaban J connectivity index is 1.94. The van der Waals surface area contributed by atoms with Gasteiger partial charge >= 0.3 is 0 Å². The summed E-state index contributed by atoms with van der Waals surface area (Å²) >= 11 is 0. The molecule has 0 aliphatic heterocycles. The summed E-state index contributed by atoms with van der Waals surface area (Å²) in [4.78, 5) is 24.2. The topological polar surface area (TPSA) is 102 Å². The maximum Gasteiger partial charge on any atom is 0.269 e. The number of aromatic nitrogens is 1. The fraction of sp³-hybridized carbons (Fsp3) is 0.333. The van der Waals surface area contributed by atoms with Crippen molar-refractivity contribution in [3.63, 3.8) is 0 Å². The molecular formula is C15H18N4O4. The summed E-state index contributed by atoms with van der Waals surface area (Å²) < 4.78 is 5.00. The first kappa shape index (κ1) is 16.6. The van der Waals surface area contributed by atoms with Crippen molar-refractivity contribution < 1.29 is 14.2 Å². The van der Waals surface area contributed by atoms with Crippen LogP contribution in [0.3, 0.4) is 0 Å². The standard InChI is InChI=1S/C15H18N4O4/c1-10-8-13(17-23-10)9-18(3)11(2)15(20)16-12-4-6-14(7-5-12)19(21)22/h4-8,11H,9H2,1-3H3,(H,16,20). The van der Waals surface area contributed by atoms with Gasteiger partial charge in [-0.3, -0.25) is 19.8 Å². The van der Waals surface area contributed by atoms with E-state index in [-0.39, 0.29) is 11.6 Å². The van der Waals surface area contributed by atoms with Crippen molar-refractivity contribution in [2.45, 2.75) is 26.4 Å². The summed E-state index contributed by atoms with van der Waals surface area (Å²) in [6.07, 6.45) is 0. The van der Waals surface area contributed by atoms with Gasteiger partial charge in [0.1, 0.15) is 5.76 Å². The van der Waals surface area contributed by atoms with Gasteiger partial charge in [-0.1, -0.05) is 5.16 Å². The Kier molecular flexibility index (Phi) is 5.07. The van der Waals surface area contributed by atoms with E-state index in [0.717, 1.165) is 11.5 Å². The SMILES string of the molecule is Cc1cc(CN(C)C(C)C(=O)Nc2ccc([N+](=O)[O-])cc2)no1. The van der Waals surface area contributed by atoms with Crippen LogP contribution in [-0.4, -0.2) is 34.0 Å². The Hall–Kier alpha value is -2.74. The van der Waals surface area contributed by atoms with Crippen LogP contribution in [-0.2, 0) is 11.3 Å². The molecule has 2 aromatic rings. The molecule has 0 saturated carbocycles. The van der Waals surface area contributed by atoms with Gasteiger partial charge in [-0.2, -0.15) is 0 Å². The molecule has 1 aromatic heterocycles. The van der Waals surface area contributed by atoms with Crippen molar-refractivity contribution in [1.29, 1.82) is 0 Å². The Morgan fingerprint density at radius 3 is 2.61 bits per heavy atom. The van der Waals surface area contributed by atoms with E-state index < -0.39 is 11.0 Å². The van der Waals surface area contributed by atoms with Crippen LogP contribution in [0.4, 0.5) is 11.4 Å². The Bertz CT molecular complexity index is 696. The number of likely N-dealkylation sites (N-methyl/N-ethyl adjacent to an activating group) is 1. The number of nitrogens with zero attached hydrogens (tertiary/aromatic N) is 3. The largest absolute Gasteiger partial charge is 0.361 e. The average Bonchev–Trinajstić information content (AvgIpc) is 2.92. The van der Waals surface area contributed by atoms with Crippen LogP contribution in [0.2, 0.25) is 0 Å². The van der Waals surface area contributed by atoms with Gasteiger partial charge in [-0.25, -0.2) is 0 Å². The summed E-state index contributed by atoms with van der Waals surface area (Å²) in [5, 5.41) is 17.2. The van der Waals surface area contributed by atoms with Gasteiger partial charge in [0.2, 0.25) is 5.91 Å². The average molecular weight is 318 g/mol. The molecule has 0 saturated heterocycles. The first-order valence-electron chi connectivity index (χ1n) is 7.04. The van der Waals surface area contributed by atoms with E-state index in [9.17, 15) is 14.9 Å². The van der Waals surface area contributed by atoms with Crippen molar-refractivity contribution in [3.8, 4) is 0 Å². The Morgan fingerprint density at radius 1 is 1.43 bits per heavy atom. The normalized spacial score (nSPS) is 12.2. The van der Waals surface area contributed by atoms with Crippen molar-refractivity contribution in [1.82, 2.24) is 10.1 Å². The van der Waals surface area contributed by atoms with Crippen molar-refractivity contribution >= 4 is 17.3 Å². The summed E-state index contributed by atoms with van der Waals surface area (Å²) in [6.45, 7) is 4.06. The minimum absolute atomic E-state index is 0.0189. The lowest BCUT2D eigenvalue weighted by Crippen LogP contribution is -2.39. The Morgan fingerprint density at radius 2 is 2.09 bits per heavy atom. The van der Waals surface area contributed by atoms with Crippen LogP contribution in [0.1, 0.15) is 18.4 Å². The molecule has 1 amide bonds. The number of hydrogen-bond acceptors (Lipinski definition) is 6. The highest BCUT2D eigenvalue weighted by Gasteiger charge is 2.19. The maximum atomic E-state index is 12.2. The third kappa shape index (κ3) is 4.36. The molecule has 0 spiro atoms. The minimum Gasteiger partial charge on any atom is -0.361 e. The third-order valence-electron chi connectivity index (χ3n) is 3.47. The quantitative estimate of drug-likeness (QED) is 0.648. The van der Waals surface area contributed by atoms with Crippen molar-refractivity contribution in [2.75, 3.05) is 12.4 Å². The van der Waals surface area contributed by atoms with Crippen molar-refractivity contribution in [2.24, 2.45) is 0 Å². The van der Waals surface area contributed by atoms with Crippen LogP contribution >= 0.6 is 0 Å². The molecule has 1 unspecified atom stereocenters. The molecule has 23 heavy (non-hydrogen) atoms. The van der Waals surface area contributed by atoms with E-state index in [2.05, 4.69) is 10.5 Å². The lowest BCUT2D eigenvalue weighted by atomic mass is 10.2. The molecule has 0 fully saturated rings. The second kappa shape index (κ2) is 7.01. The number of nitro benzene ring substituents is 1. The number of rotatable bonds is 6.